The molecule has 8 rings (SSSR count). The molecule has 3 aromatic carbocycles. The molecule has 1 amide bonds. The van der Waals surface area contributed by atoms with Crippen LogP contribution < -0.4 is 19.1 Å². The van der Waals surface area contributed by atoms with Crippen LogP contribution in [-0.2, 0) is 14.8 Å². The number of hydrogen-bond acceptors (Lipinski definition) is 10. The lowest BCUT2D eigenvalue weighted by molar-refractivity contribution is -0.0337. The number of carbonyl (C=O) groups is 1. The number of piperazine rings is 1. The molecule has 0 spiro atoms. The van der Waals surface area contributed by atoms with Crippen molar-refractivity contribution in [2.75, 3.05) is 57.4 Å². The van der Waals surface area contributed by atoms with Crippen LogP contribution in [0.1, 0.15) is 61.9 Å². The number of hydrogen-bond donors (Lipinski definition) is 2. The fourth-order valence-corrected chi connectivity index (χ4v) is 9.04. The van der Waals surface area contributed by atoms with E-state index in [1.165, 1.54) is 29.1 Å². The van der Waals surface area contributed by atoms with Gasteiger partial charge in [-0.1, -0.05) is 49.2 Å². The van der Waals surface area contributed by atoms with Crippen LogP contribution in [0.5, 0.6) is 17.4 Å². The van der Waals surface area contributed by atoms with Crippen molar-refractivity contribution in [3.8, 4) is 17.4 Å². The monoisotopic (exact) mass is 860 g/mol. The van der Waals surface area contributed by atoms with E-state index in [4.69, 9.17) is 25.8 Å². The number of sulfonamides is 1. The van der Waals surface area contributed by atoms with E-state index in [9.17, 15) is 17.6 Å². The van der Waals surface area contributed by atoms with Crippen LogP contribution in [0.2, 0.25) is 5.02 Å². The van der Waals surface area contributed by atoms with Crippen LogP contribution in [0.15, 0.2) is 89.7 Å². The zero-order chi connectivity index (χ0) is 42.1. The number of carbonyl (C=O) groups excluding carboxylic acids is 1. The van der Waals surface area contributed by atoms with Gasteiger partial charge < -0.3 is 24.1 Å². The van der Waals surface area contributed by atoms with Crippen molar-refractivity contribution in [2.24, 2.45) is 5.41 Å². The fraction of sp³-hybridized carbons (Fsp3) is 0.386. The number of ether oxygens (including phenoxy) is 3. The molecule has 0 radical (unpaired) electrons. The number of benzene rings is 3. The van der Waals surface area contributed by atoms with Gasteiger partial charge in [0, 0.05) is 81.6 Å². The van der Waals surface area contributed by atoms with Crippen molar-refractivity contribution in [3.05, 3.63) is 107 Å². The number of anilines is 1. The summed E-state index contributed by atoms with van der Waals surface area (Å²) in [6.45, 7) is 8.52. The number of halogens is 3. The molecule has 5 aromatic rings. The van der Waals surface area contributed by atoms with Crippen LogP contribution in [0.4, 0.5) is 14.5 Å². The standard InChI is InChI=1S/C44H47ClF2N6O6S/c1-43(2)13-12-30(35(24-43)29-6-8-31(45)9-7-29)26-52-16-18-53(19-17-52)32-10-11-34(39(22-32)59-38-5-3-4-37-40(38)50-28-49-37)41(54)51-60(55,56)33-23-36(46)42(48-25-33)58-27-44(47)14-20-57-21-15-44/h3-11,22-23,25,28H,12-21,24,26-27H2,1-2H3,(H,49,50)(H,51,54). The summed E-state index contributed by atoms with van der Waals surface area (Å²) in [5, 5.41) is 0.723. The number of pyridine rings is 1. The molecule has 2 aliphatic heterocycles. The van der Waals surface area contributed by atoms with Gasteiger partial charge in [-0.05, 0) is 72.2 Å². The Morgan fingerprint density at radius 1 is 0.983 bits per heavy atom. The van der Waals surface area contributed by atoms with Gasteiger partial charge in [-0.3, -0.25) is 9.69 Å². The van der Waals surface area contributed by atoms with Crippen molar-refractivity contribution in [3.63, 3.8) is 0 Å². The summed E-state index contributed by atoms with van der Waals surface area (Å²) in [5.41, 5.74) is 4.53. The van der Waals surface area contributed by atoms with E-state index in [1.54, 1.807) is 24.3 Å². The fourth-order valence-electron chi connectivity index (χ4n) is 7.99. The van der Waals surface area contributed by atoms with Gasteiger partial charge in [0.25, 0.3) is 21.8 Å². The van der Waals surface area contributed by atoms with E-state index in [-0.39, 0.29) is 42.8 Å². The number of amides is 1. The maximum absolute atomic E-state index is 15.1. The van der Waals surface area contributed by atoms with Gasteiger partial charge in [-0.15, -0.1) is 0 Å². The van der Waals surface area contributed by atoms with Gasteiger partial charge in [-0.25, -0.2) is 31.9 Å². The van der Waals surface area contributed by atoms with Gasteiger partial charge in [0.15, 0.2) is 11.6 Å². The average molecular weight is 861 g/mol. The quantitative estimate of drug-likeness (QED) is 0.126. The average Bonchev–Trinajstić information content (AvgIpc) is 3.72. The third kappa shape index (κ3) is 9.44. The molecular formula is C44H47ClF2N6O6S. The molecule has 60 heavy (non-hydrogen) atoms. The maximum atomic E-state index is 15.1. The van der Waals surface area contributed by atoms with Crippen LogP contribution >= 0.6 is 11.6 Å². The molecule has 16 heteroatoms. The SMILES string of the molecule is CC1(C)CCC(CN2CCN(c3ccc(C(=O)NS(=O)(=O)c4cnc(OCC5(F)CCOCC5)c(F)c4)c(Oc4cccc5[nH]cnc45)c3)CC2)=C(c2ccc(Cl)cc2)C1. The van der Waals surface area contributed by atoms with Crippen LogP contribution in [0.25, 0.3) is 16.6 Å². The molecular weight excluding hydrogens is 814 g/mol. The predicted molar refractivity (Wildman–Crippen MR) is 226 cm³/mol. The summed E-state index contributed by atoms with van der Waals surface area (Å²) < 4.78 is 75.8. The van der Waals surface area contributed by atoms with E-state index < -0.39 is 44.8 Å². The molecule has 0 atom stereocenters. The van der Waals surface area contributed by atoms with Crippen molar-refractivity contribution in [2.45, 2.75) is 56.5 Å². The number of alkyl halides is 1. The van der Waals surface area contributed by atoms with Gasteiger partial charge in [-0.2, -0.15) is 0 Å². The van der Waals surface area contributed by atoms with E-state index in [2.05, 4.69) is 50.7 Å². The Hall–Kier alpha value is -5.09. The van der Waals surface area contributed by atoms with Crippen molar-refractivity contribution in [1.29, 1.82) is 0 Å². The highest BCUT2D eigenvalue weighted by Crippen LogP contribution is 2.43. The minimum Gasteiger partial charge on any atom is -0.472 e. The van der Waals surface area contributed by atoms with Gasteiger partial charge in [0.1, 0.15) is 28.4 Å². The highest BCUT2D eigenvalue weighted by molar-refractivity contribution is 7.90. The number of aromatic amines is 1. The summed E-state index contributed by atoms with van der Waals surface area (Å²) in [6.07, 6.45) is 5.72. The minimum absolute atomic E-state index is 0.0755. The first kappa shape index (κ1) is 41.6. The summed E-state index contributed by atoms with van der Waals surface area (Å²) in [6, 6.07) is 19.1. The molecule has 2 fully saturated rings. The first-order chi connectivity index (χ1) is 28.7. The van der Waals surface area contributed by atoms with E-state index >= 15 is 4.39 Å². The molecule has 3 aliphatic rings. The molecule has 2 N–H and O–H groups in total. The molecule has 2 aromatic heterocycles. The number of rotatable bonds is 12. The molecule has 12 nitrogen and oxygen atoms in total. The minimum atomic E-state index is -4.64. The number of imidazole rings is 1. The number of nitrogens with one attached hydrogen (secondary N) is 2. The Balaban J connectivity index is 0.994. The maximum Gasteiger partial charge on any atom is 0.268 e. The zero-order valence-corrected chi connectivity index (χ0v) is 35.1. The predicted octanol–water partition coefficient (Wildman–Crippen LogP) is 8.34. The highest BCUT2D eigenvalue weighted by atomic mass is 35.5. The summed E-state index contributed by atoms with van der Waals surface area (Å²) in [5.74, 6) is -2.23. The highest BCUT2D eigenvalue weighted by Gasteiger charge is 2.34. The van der Waals surface area contributed by atoms with Gasteiger partial charge in [0.2, 0.25) is 0 Å². The van der Waals surface area contributed by atoms with Crippen molar-refractivity contribution in [1.82, 2.24) is 24.6 Å². The smallest absolute Gasteiger partial charge is 0.268 e. The molecule has 316 valence electrons. The Kier molecular flexibility index (Phi) is 11.9. The number of fused-ring (bicyclic) bond motifs is 1. The number of aromatic nitrogens is 3. The van der Waals surface area contributed by atoms with E-state index in [1.807, 2.05) is 22.9 Å². The molecule has 4 heterocycles. The third-order valence-electron chi connectivity index (χ3n) is 11.5. The Labute approximate surface area is 352 Å². The largest absolute Gasteiger partial charge is 0.472 e. The topological polar surface area (TPSA) is 139 Å². The van der Waals surface area contributed by atoms with Crippen molar-refractivity contribution >= 4 is 49.8 Å². The van der Waals surface area contributed by atoms with E-state index in [0.717, 1.165) is 55.8 Å². The van der Waals surface area contributed by atoms with Gasteiger partial charge >= 0.3 is 0 Å². The molecule has 2 saturated heterocycles. The number of H-pyrrole nitrogens is 1. The van der Waals surface area contributed by atoms with Crippen molar-refractivity contribution < 1.29 is 36.2 Å². The molecule has 0 saturated carbocycles. The van der Waals surface area contributed by atoms with Gasteiger partial charge in [0.05, 0.1) is 23.6 Å². The second-order valence-electron chi connectivity index (χ2n) is 16.5. The second-order valence-corrected chi connectivity index (χ2v) is 18.6. The normalized spacial score (nSPS) is 18.4. The van der Waals surface area contributed by atoms with E-state index in [0.29, 0.717) is 35.9 Å². The first-order valence-electron chi connectivity index (χ1n) is 20.0. The number of para-hydroxylation sites is 1. The lowest BCUT2D eigenvalue weighted by Crippen LogP contribution is -2.47. The molecule has 0 bridgehead atoms. The second kappa shape index (κ2) is 17.1. The Morgan fingerprint density at radius 2 is 1.75 bits per heavy atom. The summed E-state index contributed by atoms with van der Waals surface area (Å²) in [7, 11) is -4.64. The summed E-state index contributed by atoms with van der Waals surface area (Å²) in [4.78, 5) is 29.1. The Morgan fingerprint density at radius 3 is 2.50 bits per heavy atom. The number of nitrogens with zero attached hydrogens (tertiary/aromatic N) is 4. The lowest BCUT2D eigenvalue weighted by atomic mass is 9.72. The number of allylic oxidation sites excluding steroid dienone is 1. The third-order valence-corrected chi connectivity index (χ3v) is 13.1. The van der Waals surface area contributed by atoms with Crippen LogP contribution in [0, 0.1) is 11.2 Å². The van der Waals surface area contributed by atoms with Crippen LogP contribution in [0.3, 0.4) is 0 Å². The van der Waals surface area contributed by atoms with Crippen LogP contribution in [-0.4, -0.2) is 92.4 Å². The lowest BCUT2D eigenvalue weighted by Gasteiger charge is -2.39. The zero-order valence-electron chi connectivity index (χ0n) is 33.5. The molecule has 1 aliphatic carbocycles. The molecule has 0 unspecified atom stereocenters. The summed E-state index contributed by atoms with van der Waals surface area (Å²) >= 11 is 6.23. The Bertz CT molecular complexity index is 2520. The first-order valence-corrected chi connectivity index (χ1v) is 21.9.